The summed E-state index contributed by atoms with van der Waals surface area (Å²) < 4.78 is 24.3. The molecule has 2 heterocycles. The van der Waals surface area contributed by atoms with Crippen LogP contribution in [0.15, 0.2) is 99.2 Å². The number of halogens is 1. The molecule has 10 nitrogen and oxygen atoms in total. The molecule has 0 bridgehead atoms. The molecule has 11 heteroatoms. The number of fused-ring (bicyclic) bond motifs is 2. The molecule has 6 aromatic rings. The van der Waals surface area contributed by atoms with Crippen LogP contribution in [-0.4, -0.2) is 42.1 Å². The number of carbonyl (C=O) groups is 1. The van der Waals surface area contributed by atoms with Crippen LogP contribution in [0, 0.1) is 6.92 Å². The molecule has 0 radical (unpaired) electrons. The zero-order valence-corrected chi connectivity index (χ0v) is 26.0. The summed E-state index contributed by atoms with van der Waals surface area (Å²) in [7, 11) is 1.58. The van der Waals surface area contributed by atoms with Gasteiger partial charge in [-0.1, -0.05) is 47.5 Å². The standard InChI is InChI=1S/C35H29ClN4O6/c1-4-44-30-17-22(16-26(36)33(30)45-20-32(41)38-23-14-12-21(2)13-15-23)19-37-40-34(39-27-9-6-5-8-24(27)35(40)42)31-18-25-28(43-3)10-7-11-29(25)46-31/h5-19H,4,20H2,1-3H3,(H,38,41). The number of ether oxygens (including phenoxy) is 3. The summed E-state index contributed by atoms with van der Waals surface area (Å²) in [6, 6.07) is 24.9. The first-order chi connectivity index (χ1) is 22.3. The molecule has 0 unspecified atom stereocenters. The molecule has 2 aromatic heterocycles. The third-order valence-corrected chi connectivity index (χ3v) is 7.33. The molecule has 1 amide bonds. The number of para-hydroxylation sites is 1. The minimum absolute atomic E-state index is 0.198. The number of aryl methyl sites for hydroxylation is 1. The molecule has 4 aromatic carbocycles. The minimum atomic E-state index is -0.389. The molecule has 6 rings (SSSR count). The maximum Gasteiger partial charge on any atom is 0.282 e. The number of hydrogen-bond donors (Lipinski definition) is 1. The SMILES string of the molecule is CCOc1cc(C=Nn2c(-c3cc4c(OC)cccc4o3)nc3ccccc3c2=O)cc(Cl)c1OCC(=O)Nc1ccc(C)cc1. The van der Waals surface area contributed by atoms with Gasteiger partial charge in [-0.25, -0.2) is 4.98 Å². The van der Waals surface area contributed by atoms with Gasteiger partial charge in [0.2, 0.25) is 5.82 Å². The van der Waals surface area contributed by atoms with Gasteiger partial charge in [-0.15, -0.1) is 0 Å². The van der Waals surface area contributed by atoms with Gasteiger partial charge < -0.3 is 23.9 Å². The molecule has 0 aliphatic rings. The molecular weight excluding hydrogens is 608 g/mol. The van der Waals surface area contributed by atoms with Crippen LogP contribution in [0.5, 0.6) is 17.2 Å². The number of aromatic nitrogens is 2. The average Bonchev–Trinajstić information content (AvgIpc) is 3.50. The quantitative estimate of drug-likeness (QED) is 0.160. The number of methoxy groups -OCH3 is 1. The van der Waals surface area contributed by atoms with E-state index in [1.165, 1.54) is 10.9 Å². The Balaban J connectivity index is 1.34. The first kappa shape index (κ1) is 30.4. The lowest BCUT2D eigenvalue weighted by Crippen LogP contribution is -2.20. The predicted molar refractivity (Wildman–Crippen MR) is 179 cm³/mol. The number of furan rings is 1. The molecule has 0 aliphatic carbocycles. The van der Waals surface area contributed by atoms with E-state index in [0.29, 0.717) is 51.6 Å². The summed E-state index contributed by atoms with van der Waals surface area (Å²) in [6.07, 6.45) is 1.47. The van der Waals surface area contributed by atoms with E-state index in [1.54, 1.807) is 55.6 Å². The van der Waals surface area contributed by atoms with Crippen molar-refractivity contribution in [2.24, 2.45) is 5.10 Å². The molecule has 0 atom stereocenters. The lowest BCUT2D eigenvalue weighted by atomic mass is 10.2. The summed E-state index contributed by atoms with van der Waals surface area (Å²) in [5.74, 6) is 1.33. The Kier molecular flexibility index (Phi) is 8.71. The number of carbonyl (C=O) groups excluding carboxylic acids is 1. The van der Waals surface area contributed by atoms with Gasteiger partial charge in [0, 0.05) is 5.69 Å². The third kappa shape index (κ3) is 6.29. The number of rotatable bonds is 10. The van der Waals surface area contributed by atoms with Gasteiger partial charge in [0.1, 0.15) is 11.3 Å². The lowest BCUT2D eigenvalue weighted by molar-refractivity contribution is -0.118. The minimum Gasteiger partial charge on any atom is -0.496 e. The topological polar surface area (TPSA) is 117 Å². The number of nitrogens with zero attached hydrogens (tertiary/aromatic N) is 3. The molecule has 1 N–H and O–H groups in total. The number of benzene rings is 4. The van der Waals surface area contributed by atoms with Crippen molar-refractivity contribution in [2.45, 2.75) is 13.8 Å². The average molecular weight is 637 g/mol. The van der Waals surface area contributed by atoms with E-state index in [4.69, 9.17) is 35.2 Å². The van der Waals surface area contributed by atoms with E-state index >= 15 is 0 Å². The van der Waals surface area contributed by atoms with Crippen molar-refractivity contribution in [3.63, 3.8) is 0 Å². The maximum absolute atomic E-state index is 13.7. The van der Waals surface area contributed by atoms with Crippen LogP contribution in [0.25, 0.3) is 33.5 Å². The molecule has 232 valence electrons. The fraction of sp³-hybridized carbons (Fsp3) is 0.143. The Labute approximate surface area is 268 Å². The summed E-state index contributed by atoms with van der Waals surface area (Å²) in [5.41, 5.74) is 2.93. The second-order valence-corrected chi connectivity index (χ2v) is 10.7. The summed E-state index contributed by atoms with van der Waals surface area (Å²) in [5, 5.41) is 8.63. The van der Waals surface area contributed by atoms with Crippen LogP contribution in [0.3, 0.4) is 0 Å². The van der Waals surface area contributed by atoms with Crippen molar-refractivity contribution in [3.05, 3.63) is 111 Å². The molecule has 0 saturated carbocycles. The van der Waals surface area contributed by atoms with Crippen LogP contribution >= 0.6 is 11.6 Å². The first-order valence-corrected chi connectivity index (χ1v) is 14.8. The van der Waals surface area contributed by atoms with E-state index in [0.717, 1.165) is 10.9 Å². The molecule has 0 aliphatic heterocycles. The van der Waals surface area contributed by atoms with Crippen LogP contribution in [0.1, 0.15) is 18.1 Å². The van der Waals surface area contributed by atoms with Crippen LogP contribution in [0.4, 0.5) is 5.69 Å². The fourth-order valence-corrected chi connectivity index (χ4v) is 5.15. The highest BCUT2D eigenvalue weighted by atomic mass is 35.5. The summed E-state index contributed by atoms with van der Waals surface area (Å²) >= 11 is 6.62. The Morgan fingerprint density at radius 1 is 1.00 bits per heavy atom. The monoisotopic (exact) mass is 636 g/mol. The van der Waals surface area contributed by atoms with Gasteiger partial charge in [0.15, 0.2) is 23.9 Å². The zero-order valence-electron chi connectivity index (χ0n) is 25.2. The van der Waals surface area contributed by atoms with E-state index in [1.807, 2.05) is 50.2 Å². The fourth-order valence-electron chi connectivity index (χ4n) is 4.87. The van der Waals surface area contributed by atoms with E-state index < -0.39 is 0 Å². The molecular formula is C35H29ClN4O6. The molecule has 0 fully saturated rings. The highest BCUT2D eigenvalue weighted by Crippen LogP contribution is 2.37. The zero-order chi connectivity index (χ0) is 32.2. The number of hydrogen-bond acceptors (Lipinski definition) is 8. The highest BCUT2D eigenvalue weighted by molar-refractivity contribution is 6.32. The Hall–Kier alpha value is -5.61. The van der Waals surface area contributed by atoms with E-state index in [9.17, 15) is 9.59 Å². The van der Waals surface area contributed by atoms with Crippen molar-refractivity contribution < 1.29 is 23.4 Å². The summed E-state index contributed by atoms with van der Waals surface area (Å²) in [4.78, 5) is 31.0. The Morgan fingerprint density at radius 2 is 1.80 bits per heavy atom. The van der Waals surface area contributed by atoms with Crippen LogP contribution in [0.2, 0.25) is 5.02 Å². The third-order valence-electron chi connectivity index (χ3n) is 7.05. The van der Waals surface area contributed by atoms with Crippen molar-refractivity contribution >= 4 is 51.3 Å². The Morgan fingerprint density at radius 3 is 2.59 bits per heavy atom. The molecule has 46 heavy (non-hydrogen) atoms. The first-order valence-electron chi connectivity index (χ1n) is 14.4. The second-order valence-electron chi connectivity index (χ2n) is 10.3. The van der Waals surface area contributed by atoms with E-state index in [-0.39, 0.29) is 34.7 Å². The van der Waals surface area contributed by atoms with Crippen LogP contribution < -0.4 is 25.1 Å². The second kappa shape index (κ2) is 13.2. The van der Waals surface area contributed by atoms with Gasteiger partial charge in [0.25, 0.3) is 11.5 Å². The van der Waals surface area contributed by atoms with Gasteiger partial charge in [-0.05, 0) is 74.0 Å². The molecule has 0 spiro atoms. The van der Waals surface area contributed by atoms with Gasteiger partial charge in [0.05, 0.1) is 41.2 Å². The van der Waals surface area contributed by atoms with Crippen molar-refractivity contribution in [1.82, 2.24) is 9.66 Å². The van der Waals surface area contributed by atoms with Crippen molar-refractivity contribution in [3.8, 4) is 28.8 Å². The van der Waals surface area contributed by atoms with Gasteiger partial charge in [-0.2, -0.15) is 9.78 Å². The van der Waals surface area contributed by atoms with E-state index in [2.05, 4.69) is 10.4 Å². The van der Waals surface area contributed by atoms with Gasteiger partial charge in [-0.3, -0.25) is 9.59 Å². The van der Waals surface area contributed by atoms with Crippen LogP contribution in [-0.2, 0) is 4.79 Å². The summed E-state index contributed by atoms with van der Waals surface area (Å²) in [6.45, 7) is 3.81. The number of anilines is 1. The number of amides is 1. The highest BCUT2D eigenvalue weighted by Gasteiger charge is 2.19. The normalized spacial score (nSPS) is 11.3. The molecule has 0 saturated heterocycles. The smallest absolute Gasteiger partial charge is 0.282 e. The predicted octanol–water partition coefficient (Wildman–Crippen LogP) is 7.08. The maximum atomic E-state index is 13.7. The lowest BCUT2D eigenvalue weighted by Gasteiger charge is -2.14. The Bertz CT molecular complexity index is 2150. The van der Waals surface area contributed by atoms with Gasteiger partial charge >= 0.3 is 0 Å². The van der Waals surface area contributed by atoms with Crippen molar-refractivity contribution in [1.29, 1.82) is 0 Å². The number of nitrogens with one attached hydrogen (secondary N) is 1. The largest absolute Gasteiger partial charge is 0.496 e. The van der Waals surface area contributed by atoms with Crippen molar-refractivity contribution in [2.75, 3.05) is 25.6 Å².